The van der Waals surface area contributed by atoms with Crippen molar-refractivity contribution in [2.24, 2.45) is 5.92 Å². The fourth-order valence-corrected chi connectivity index (χ4v) is 7.70. The fourth-order valence-electron chi connectivity index (χ4n) is 7.70. The standard InChI is InChI=1S/C35H33N3O3/c1-41-19-33(40)38-16-4-7-31(38)35-36-29-14-9-21(18-30(29)37-35)22-11-12-27(34-23-10-8-20(23)17-28(22)34)25-13-15-32(39)26-6-3-2-5-24(25)26/h2-3,5-6,9,11-15,18,20,23,31,39H,4,7-8,10,16-17,19H2,1H3,(H,36,37). The number of hydrogen-bond acceptors (Lipinski definition) is 4. The number of aromatic hydroxyl groups is 1. The lowest BCUT2D eigenvalue weighted by atomic mass is 9.73. The van der Waals surface area contributed by atoms with E-state index in [1.54, 1.807) is 7.11 Å². The summed E-state index contributed by atoms with van der Waals surface area (Å²) in [5.74, 6) is 2.52. The van der Waals surface area contributed by atoms with Gasteiger partial charge in [0.05, 0.1) is 17.1 Å². The highest BCUT2D eigenvalue weighted by molar-refractivity contribution is 6.01. The van der Waals surface area contributed by atoms with Crippen LogP contribution in [0.15, 0.2) is 66.7 Å². The summed E-state index contributed by atoms with van der Waals surface area (Å²) in [7, 11) is 1.56. The number of imidazole rings is 1. The minimum absolute atomic E-state index is 0.0165. The maximum Gasteiger partial charge on any atom is 0.249 e. The number of methoxy groups -OCH3 is 1. The highest BCUT2D eigenvalue weighted by Gasteiger charge is 2.42. The molecule has 4 aromatic carbocycles. The highest BCUT2D eigenvalue weighted by Crippen LogP contribution is 2.56. The second kappa shape index (κ2) is 9.45. The number of ether oxygens (including phenoxy) is 1. The van der Waals surface area contributed by atoms with Crippen molar-refractivity contribution in [1.29, 1.82) is 0 Å². The number of nitrogens with one attached hydrogen (secondary N) is 1. The van der Waals surface area contributed by atoms with Crippen molar-refractivity contribution in [3.63, 3.8) is 0 Å². The van der Waals surface area contributed by atoms with E-state index in [9.17, 15) is 9.90 Å². The number of likely N-dealkylation sites (tertiary alicyclic amines) is 1. The SMILES string of the molecule is COCC(=O)N1CCCC1c1nc2ccc(-c3ccc(-c4ccc(O)c5ccccc45)c4c3CC3CCC43)cc2[nH]1. The Bertz CT molecular complexity index is 1840. The lowest BCUT2D eigenvalue weighted by Gasteiger charge is -2.32. The number of rotatable bonds is 5. The number of aromatic nitrogens is 2. The van der Waals surface area contributed by atoms with Gasteiger partial charge < -0.3 is 19.7 Å². The Kier molecular flexibility index (Phi) is 5.68. The first-order chi connectivity index (χ1) is 20.1. The summed E-state index contributed by atoms with van der Waals surface area (Å²) in [6.45, 7) is 0.843. The lowest BCUT2D eigenvalue weighted by Crippen LogP contribution is -2.33. The Labute approximate surface area is 239 Å². The molecule has 3 unspecified atom stereocenters. The molecule has 0 bridgehead atoms. The monoisotopic (exact) mass is 543 g/mol. The normalized spacial score (nSPS) is 21.3. The molecule has 41 heavy (non-hydrogen) atoms. The molecule has 2 heterocycles. The van der Waals surface area contributed by atoms with Gasteiger partial charge in [-0.3, -0.25) is 4.79 Å². The topological polar surface area (TPSA) is 78.4 Å². The molecule has 1 saturated carbocycles. The summed E-state index contributed by atoms with van der Waals surface area (Å²) in [6, 6.07) is 23.2. The number of phenolic OH excluding ortho intramolecular Hbond substituents is 1. The Hall–Kier alpha value is -4.16. The minimum atomic E-state index is -0.0345. The molecule has 6 heteroatoms. The number of benzene rings is 4. The van der Waals surface area contributed by atoms with Gasteiger partial charge in [-0.05, 0) is 101 Å². The maximum atomic E-state index is 12.6. The Balaban J connectivity index is 1.21. The summed E-state index contributed by atoms with van der Waals surface area (Å²) < 4.78 is 5.11. The molecule has 0 radical (unpaired) electrons. The largest absolute Gasteiger partial charge is 0.507 e. The van der Waals surface area contributed by atoms with Crippen molar-refractivity contribution in [1.82, 2.24) is 14.9 Å². The average Bonchev–Trinajstić information content (AvgIpc) is 3.69. The molecule has 5 aromatic rings. The van der Waals surface area contributed by atoms with Gasteiger partial charge in [0.25, 0.3) is 0 Å². The lowest BCUT2D eigenvalue weighted by molar-refractivity contribution is -0.136. The number of hydrogen-bond donors (Lipinski definition) is 2. The molecule has 8 rings (SSSR count). The number of nitrogens with zero attached hydrogens (tertiary/aromatic N) is 2. The van der Waals surface area contributed by atoms with E-state index in [0.717, 1.165) is 53.4 Å². The predicted octanol–water partition coefficient (Wildman–Crippen LogP) is 7.12. The van der Waals surface area contributed by atoms with Gasteiger partial charge in [-0.25, -0.2) is 4.98 Å². The number of carbonyl (C=O) groups is 1. The van der Waals surface area contributed by atoms with Crippen LogP contribution in [0.3, 0.4) is 0 Å². The van der Waals surface area contributed by atoms with E-state index in [4.69, 9.17) is 9.72 Å². The average molecular weight is 544 g/mol. The van der Waals surface area contributed by atoms with Crippen LogP contribution in [-0.2, 0) is 16.0 Å². The Morgan fingerprint density at radius 3 is 2.66 bits per heavy atom. The molecule has 1 aliphatic heterocycles. The van der Waals surface area contributed by atoms with E-state index in [1.165, 1.54) is 46.2 Å². The van der Waals surface area contributed by atoms with Crippen molar-refractivity contribution in [3.8, 4) is 28.0 Å². The zero-order valence-corrected chi connectivity index (χ0v) is 23.2. The van der Waals surface area contributed by atoms with E-state index in [-0.39, 0.29) is 18.6 Å². The molecule has 3 atom stereocenters. The van der Waals surface area contributed by atoms with Gasteiger partial charge >= 0.3 is 0 Å². The molecule has 0 spiro atoms. The van der Waals surface area contributed by atoms with Crippen LogP contribution in [0, 0.1) is 5.92 Å². The second-order valence-electron chi connectivity index (χ2n) is 11.9. The number of H-pyrrole nitrogens is 1. The molecule has 2 N–H and O–H groups in total. The molecular weight excluding hydrogens is 510 g/mol. The summed E-state index contributed by atoms with van der Waals surface area (Å²) in [4.78, 5) is 23.0. The van der Waals surface area contributed by atoms with Crippen molar-refractivity contribution < 1.29 is 14.6 Å². The van der Waals surface area contributed by atoms with Crippen molar-refractivity contribution in [2.75, 3.05) is 20.3 Å². The van der Waals surface area contributed by atoms with E-state index >= 15 is 0 Å². The molecule has 1 aromatic heterocycles. The summed E-state index contributed by atoms with van der Waals surface area (Å²) in [5, 5.41) is 12.5. The minimum Gasteiger partial charge on any atom is -0.507 e. The van der Waals surface area contributed by atoms with Crippen LogP contribution in [-0.4, -0.2) is 46.1 Å². The van der Waals surface area contributed by atoms with E-state index < -0.39 is 0 Å². The smallest absolute Gasteiger partial charge is 0.249 e. The number of fused-ring (bicyclic) bond motifs is 5. The summed E-state index contributed by atoms with van der Waals surface area (Å²) >= 11 is 0. The number of phenols is 1. The molecule has 2 fully saturated rings. The first-order valence-corrected chi connectivity index (χ1v) is 14.8. The zero-order valence-electron chi connectivity index (χ0n) is 23.2. The molecular formula is C35H33N3O3. The van der Waals surface area contributed by atoms with Crippen molar-refractivity contribution in [3.05, 3.63) is 83.7 Å². The molecule has 6 nitrogen and oxygen atoms in total. The van der Waals surface area contributed by atoms with E-state index in [1.807, 2.05) is 23.1 Å². The predicted molar refractivity (Wildman–Crippen MR) is 161 cm³/mol. The molecule has 3 aliphatic rings. The third-order valence-corrected chi connectivity index (χ3v) is 9.77. The summed E-state index contributed by atoms with van der Waals surface area (Å²) in [6.07, 6.45) is 5.53. The van der Waals surface area contributed by atoms with Crippen LogP contribution in [0.25, 0.3) is 44.1 Å². The van der Waals surface area contributed by atoms with Crippen LogP contribution in [0.5, 0.6) is 5.75 Å². The molecule has 1 saturated heterocycles. The highest BCUT2D eigenvalue weighted by atomic mass is 16.5. The Morgan fingerprint density at radius 1 is 1.00 bits per heavy atom. The van der Waals surface area contributed by atoms with Crippen molar-refractivity contribution in [2.45, 2.75) is 44.1 Å². The van der Waals surface area contributed by atoms with Gasteiger partial charge in [0.2, 0.25) is 5.91 Å². The third-order valence-electron chi connectivity index (χ3n) is 9.77. The maximum absolute atomic E-state index is 12.6. The zero-order chi connectivity index (χ0) is 27.7. The van der Waals surface area contributed by atoms with Gasteiger partial charge in [0, 0.05) is 19.0 Å². The van der Waals surface area contributed by atoms with Crippen LogP contribution in [0.4, 0.5) is 0 Å². The number of aromatic amines is 1. The van der Waals surface area contributed by atoms with Gasteiger partial charge in [-0.1, -0.05) is 48.5 Å². The fraction of sp³-hybridized carbons (Fsp3) is 0.314. The third kappa shape index (κ3) is 3.81. The Morgan fingerprint density at radius 2 is 1.83 bits per heavy atom. The number of carbonyl (C=O) groups excluding carboxylic acids is 1. The van der Waals surface area contributed by atoms with Crippen LogP contribution in [0.2, 0.25) is 0 Å². The second-order valence-corrected chi connectivity index (χ2v) is 11.9. The molecule has 206 valence electrons. The number of amides is 1. The van der Waals surface area contributed by atoms with Gasteiger partial charge in [0.1, 0.15) is 18.2 Å². The van der Waals surface area contributed by atoms with Crippen LogP contribution < -0.4 is 0 Å². The van der Waals surface area contributed by atoms with E-state index in [2.05, 4.69) is 53.5 Å². The quantitative estimate of drug-likeness (QED) is 0.248. The molecule has 1 amide bonds. The van der Waals surface area contributed by atoms with E-state index in [0.29, 0.717) is 17.6 Å². The van der Waals surface area contributed by atoms with Crippen molar-refractivity contribution >= 4 is 27.7 Å². The van der Waals surface area contributed by atoms with Crippen LogP contribution in [0.1, 0.15) is 54.6 Å². The first kappa shape index (κ1) is 24.6. The first-order valence-electron chi connectivity index (χ1n) is 14.8. The van der Waals surface area contributed by atoms with Gasteiger partial charge in [-0.15, -0.1) is 0 Å². The molecule has 2 aliphatic carbocycles. The van der Waals surface area contributed by atoms with Crippen LogP contribution >= 0.6 is 0 Å². The summed E-state index contributed by atoms with van der Waals surface area (Å²) in [5.41, 5.74) is 9.91. The van der Waals surface area contributed by atoms with Gasteiger partial charge in [0.15, 0.2) is 0 Å². The van der Waals surface area contributed by atoms with Gasteiger partial charge in [-0.2, -0.15) is 0 Å².